The number of hydrogen-bond donors (Lipinski definition) is 1. The van der Waals surface area contributed by atoms with Crippen molar-refractivity contribution in [1.82, 2.24) is 15.0 Å². The SMILES string of the molecule is OCc1ccccc1-c1cn(-c2ccccc2)nn1. The molecule has 0 fully saturated rings. The molecule has 0 unspecified atom stereocenters. The fraction of sp³-hybridized carbons (Fsp3) is 0.0667. The molecule has 0 saturated heterocycles. The van der Waals surface area contributed by atoms with Crippen molar-refractivity contribution in [3.8, 4) is 16.9 Å². The normalized spacial score (nSPS) is 10.6. The molecule has 0 amide bonds. The Morgan fingerprint density at radius 3 is 2.47 bits per heavy atom. The molecule has 19 heavy (non-hydrogen) atoms. The first-order valence-corrected chi connectivity index (χ1v) is 6.05. The molecule has 3 aromatic rings. The summed E-state index contributed by atoms with van der Waals surface area (Å²) in [6, 6.07) is 17.5. The van der Waals surface area contributed by atoms with Gasteiger partial charge in [0.05, 0.1) is 18.5 Å². The molecule has 0 saturated carbocycles. The summed E-state index contributed by atoms with van der Waals surface area (Å²) in [4.78, 5) is 0. The molecule has 3 rings (SSSR count). The van der Waals surface area contributed by atoms with E-state index < -0.39 is 0 Å². The van der Waals surface area contributed by atoms with Gasteiger partial charge >= 0.3 is 0 Å². The van der Waals surface area contributed by atoms with Crippen LogP contribution in [0.25, 0.3) is 16.9 Å². The minimum atomic E-state index is -0.00559. The smallest absolute Gasteiger partial charge is 0.113 e. The van der Waals surface area contributed by atoms with Gasteiger partial charge in [0.25, 0.3) is 0 Å². The number of hydrogen-bond acceptors (Lipinski definition) is 3. The predicted molar refractivity (Wildman–Crippen MR) is 72.7 cm³/mol. The molecule has 4 heteroatoms. The van der Waals surface area contributed by atoms with E-state index in [0.717, 1.165) is 22.5 Å². The third-order valence-electron chi connectivity index (χ3n) is 2.98. The van der Waals surface area contributed by atoms with Crippen molar-refractivity contribution in [2.45, 2.75) is 6.61 Å². The van der Waals surface area contributed by atoms with Gasteiger partial charge in [0.2, 0.25) is 0 Å². The van der Waals surface area contributed by atoms with Gasteiger partial charge in [0.1, 0.15) is 5.69 Å². The van der Waals surface area contributed by atoms with Gasteiger partial charge in [-0.25, -0.2) is 4.68 Å². The van der Waals surface area contributed by atoms with Gasteiger partial charge in [-0.3, -0.25) is 0 Å². The summed E-state index contributed by atoms with van der Waals surface area (Å²) in [5.41, 5.74) is 3.48. The van der Waals surface area contributed by atoms with Gasteiger partial charge in [0.15, 0.2) is 0 Å². The molecule has 0 bridgehead atoms. The Labute approximate surface area is 111 Å². The van der Waals surface area contributed by atoms with Crippen molar-refractivity contribution >= 4 is 0 Å². The summed E-state index contributed by atoms with van der Waals surface area (Å²) < 4.78 is 1.73. The molecule has 94 valence electrons. The fourth-order valence-corrected chi connectivity index (χ4v) is 2.00. The van der Waals surface area contributed by atoms with Crippen LogP contribution < -0.4 is 0 Å². The predicted octanol–water partition coefficient (Wildman–Crippen LogP) is 2.43. The molecule has 0 radical (unpaired) electrons. The minimum Gasteiger partial charge on any atom is -0.392 e. The molecule has 1 N–H and O–H groups in total. The summed E-state index contributed by atoms with van der Waals surface area (Å²) in [6.07, 6.45) is 1.86. The van der Waals surface area contributed by atoms with Crippen molar-refractivity contribution in [3.63, 3.8) is 0 Å². The highest BCUT2D eigenvalue weighted by Crippen LogP contribution is 2.22. The van der Waals surface area contributed by atoms with Crippen LogP contribution >= 0.6 is 0 Å². The number of aliphatic hydroxyl groups is 1. The zero-order chi connectivity index (χ0) is 13.1. The van der Waals surface area contributed by atoms with Crippen LogP contribution in [0.1, 0.15) is 5.56 Å². The lowest BCUT2D eigenvalue weighted by molar-refractivity contribution is 0.282. The van der Waals surface area contributed by atoms with E-state index in [2.05, 4.69) is 10.3 Å². The van der Waals surface area contributed by atoms with Crippen molar-refractivity contribution in [2.75, 3.05) is 0 Å². The lowest BCUT2D eigenvalue weighted by Crippen LogP contribution is -1.93. The third kappa shape index (κ3) is 2.26. The largest absolute Gasteiger partial charge is 0.392 e. The van der Waals surface area contributed by atoms with Crippen LogP contribution in [0.4, 0.5) is 0 Å². The van der Waals surface area contributed by atoms with Crippen molar-refractivity contribution < 1.29 is 5.11 Å². The van der Waals surface area contributed by atoms with E-state index in [9.17, 15) is 5.11 Å². The maximum absolute atomic E-state index is 9.35. The Kier molecular flexibility index (Phi) is 3.08. The number of rotatable bonds is 3. The highest BCUT2D eigenvalue weighted by molar-refractivity contribution is 5.62. The van der Waals surface area contributed by atoms with Gasteiger partial charge in [-0.1, -0.05) is 47.7 Å². The highest BCUT2D eigenvalue weighted by Gasteiger charge is 2.08. The van der Waals surface area contributed by atoms with Gasteiger partial charge in [-0.2, -0.15) is 0 Å². The van der Waals surface area contributed by atoms with E-state index in [0.29, 0.717) is 0 Å². The third-order valence-corrected chi connectivity index (χ3v) is 2.98. The first-order chi connectivity index (χ1) is 9.38. The Morgan fingerprint density at radius 2 is 1.68 bits per heavy atom. The Hall–Kier alpha value is -2.46. The van der Waals surface area contributed by atoms with Crippen LogP contribution in [0.3, 0.4) is 0 Å². The van der Waals surface area contributed by atoms with Crippen molar-refractivity contribution in [1.29, 1.82) is 0 Å². The van der Waals surface area contributed by atoms with E-state index in [-0.39, 0.29) is 6.61 Å². The molecule has 0 aliphatic rings. The molecule has 0 atom stereocenters. The molecule has 0 aliphatic heterocycles. The summed E-state index contributed by atoms with van der Waals surface area (Å²) in [7, 11) is 0. The molecule has 2 aromatic carbocycles. The van der Waals surface area contributed by atoms with Gasteiger partial charge in [0, 0.05) is 5.56 Å². The number of benzene rings is 2. The second kappa shape index (κ2) is 5.04. The number of nitrogens with zero attached hydrogens (tertiary/aromatic N) is 3. The number of para-hydroxylation sites is 1. The molecular formula is C15H13N3O. The summed E-state index contributed by atoms with van der Waals surface area (Å²) in [5.74, 6) is 0. The molecule has 1 aromatic heterocycles. The fourth-order valence-electron chi connectivity index (χ4n) is 2.00. The van der Waals surface area contributed by atoms with E-state index in [4.69, 9.17) is 0 Å². The summed E-state index contributed by atoms with van der Waals surface area (Å²) >= 11 is 0. The van der Waals surface area contributed by atoms with Gasteiger partial charge in [-0.15, -0.1) is 5.10 Å². The Morgan fingerprint density at radius 1 is 0.947 bits per heavy atom. The monoisotopic (exact) mass is 251 g/mol. The first-order valence-electron chi connectivity index (χ1n) is 6.05. The van der Waals surface area contributed by atoms with E-state index >= 15 is 0 Å². The number of aliphatic hydroxyl groups excluding tert-OH is 1. The van der Waals surface area contributed by atoms with Crippen LogP contribution in [0.2, 0.25) is 0 Å². The average Bonchev–Trinajstić information content (AvgIpc) is 2.98. The zero-order valence-electron chi connectivity index (χ0n) is 10.3. The first kappa shape index (κ1) is 11.6. The van der Waals surface area contributed by atoms with Crippen LogP contribution in [0, 0.1) is 0 Å². The molecule has 1 heterocycles. The average molecular weight is 251 g/mol. The quantitative estimate of drug-likeness (QED) is 0.777. The molecule has 0 aliphatic carbocycles. The highest BCUT2D eigenvalue weighted by atomic mass is 16.3. The molecule has 4 nitrogen and oxygen atoms in total. The van der Waals surface area contributed by atoms with Crippen molar-refractivity contribution in [2.24, 2.45) is 0 Å². The Balaban J connectivity index is 2.02. The maximum atomic E-state index is 9.35. The standard InChI is InChI=1S/C15H13N3O/c19-11-12-6-4-5-9-14(12)15-10-18(17-16-15)13-7-2-1-3-8-13/h1-10,19H,11H2. The van der Waals surface area contributed by atoms with Crippen LogP contribution in [0.15, 0.2) is 60.8 Å². The number of aromatic nitrogens is 3. The lowest BCUT2D eigenvalue weighted by atomic mass is 10.1. The van der Waals surface area contributed by atoms with Gasteiger partial charge in [-0.05, 0) is 17.7 Å². The van der Waals surface area contributed by atoms with E-state index in [1.807, 2.05) is 60.8 Å². The van der Waals surface area contributed by atoms with Crippen molar-refractivity contribution in [3.05, 3.63) is 66.4 Å². The van der Waals surface area contributed by atoms with E-state index in [1.54, 1.807) is 4.68 Å². The zero-order valence-corrected chi connectivity index (χ0v) is 10.3. The van der Waals surface area contributed by atoms with Crippen LogP contribution in [-0.2, 0) is 6.61 Å². The topological polar surface area (TPSA) is 50.9 Å². The summed E-state index contributed by atoms with van der Waals surface area (Å²) in [6.45, 7) is -0.00559. The maximum Gasteiger partial charge on any atom is 0.113 e. The second-order valence-electron chi connectivity index (χ2n) is 4.20. The minimum absolute atomic E-state index is 0.00559. The molecule has 0 spiro atoms. The van der Waals surface area contributed by atoms with Gasteiger partial charge < -0.3 is 5.11 Å². The van der Waals surface area contributed by atoms with Crippen LogP contribution in [0.5, 0.6) is 0 Å². The molecular weight excluding hydrogens is 238 g/mol. The van der Waals surface area contributed by atoms with E-state index in [1.165, 1.54) is 0 Å². The second-order valence-corrected chi connectivity index (χ2v) is 4.20. The summed E-state index contributed by atoms with van der Waals surface area (Å²) in [5, 5.41) is 17.6. The Bertz CT molecular complexity index is 677. The lowest BCUT2D eigenvalue weighted by Gasteiger charge is -2.02. The van der Waals surface area contributed by atoms with Crippen LogP contribution in [-0.4, -0.2) is 20.1 Å².